The van der Waals surface area contributed by atoms with E-state index >= 15 is 0 Å². The smallest absolute Gasteiger partial charge is 0 e. The zero-order valence-electron chi connectivity index (χ0n) is 18.0. The molecule has 2 rings (SSSR count). The molecule has 173 valence electrons. The Kier molecular flexibility index (Phi) is 8.96. The minimum Gasteiger partial charge on any atom is 0 e. The second-order valence-corrected chi connectivity index (χ2v) is 9.12. The molecule has 8 heteroatoms. The molecule has 2 aromatic rings. The maximum absolute atomic E-state index is 10.7. The normalized spacial score (nSPS) is 13.3. The van der Waals surface area contributed by atoms with Gasteiger partial charge in [0.15, 0.2) is 0 Å². The third-order valence-electron chi connectivity index (χ3n) is 5.62. The summed E-state index contributed by atoms with van der Waals surface area (Å²) in [5.74, 6) is 0. The minimum atomic E-state index is -10.7. The van der Waals surface area contributed by atoms with E-state index in [1.807, 2.05) is 0 Å². The van der Waals surface area contributed by atoms with Crippen molar-refractivity contribution in [1.29, 1.82) is 0 Å². The van der Waals surface area contributed by atoms with Gasteiger partial charge in [0, 0.05) is 16.8 Å². The molecule has 0 saturated carbocycles. The van der Waals surface area contributed by atoms with Crippen LogP contribution in [0.4, 0.5) is 25.2 Å². The van der Waals surface area contributed by atoms with Gasteiger partial charge in [-0.05, 0) is 0 Å². The van der Waals surface area contributed by atoms with Crippen LogP contribution in [0.2, 0.25) is 0 Å². The van der Waals surface area contributed by atoms with E-state index in [4.69, 9.17) is 0 Å². The van der Waals surface area contributed by atoms with Gasteiger partial charge in [0.1, 0.15) is 0 Å². The maximum Gasteiger partial charge on any atom is 0 e. The van der Waals surface area contributed by atoms with Gasteiger partial charge in [0.2, 0.25) is 0 Å². The van der Waals surface area contributed by atoms with Crippen molar-refractivity contribution in [2.24, 2.45) is 0 Å². The van der Waals surface area contributed by atoms with Crippen LogP contribution in [0.25, 0.3) is 0 Å². The first-order valence-electron chi connectivity index (χ1n) is 8.51. The summed E-state index contributed by atoms with van der Waals surface area (Å²) in [5.41, 5.74) is 14.7. The SMILES string of the molecule is C[c-]1[c-](C)[c-](C)[c-](C)[c-]1C.Cc1c(C)c(C)[c-](C)c1C.F[P-](F)(F)(F)(F)F.[Co]. The Balaban J connectivity index is 0. The van der Waals surface area contributed by atoms with Crippen LogP contribution in [-0.2, 0) is 16.8 Å². The van der Waals surface area contributed by atoms with Crippen molar-refractivity contribution in [2.75, 3.05) is 0 Å². The first-order chi connectivity index (χ1) is 11.6. The third-order valence-corrected chi connectivity index (χ3v) is 5.62. The van der Waals surface area contributed by atoms with Crippen LogP contribution >= 0.6 is 7.81 Å². The van der Waals surface area contributed by atoms with E-state index in [0.717, 1.165) is 0 Å². The van der Waals surface area contributed by atoms with Gasteiger partial charge in [-0.1, -0.05) is 34.6 Å². The van der Waals surface area contributed by atoms with Gasteiger partial charge in [-0.2, -0.15) is 27.8 Å². The molecule has 0 aliphatic carbocycles. The zero-order valence-corrected chi connectivity index (χ0v) is 20.0. The van der Waals surface area contributed by atoms with Crippen molar-refractivity contribution < 1.29 is 42.0 Å². The predicted molar refractivity (Wildman–Crippen MR) is 105 cm³/mol. The van der Waals surface area contributed by atoms with E-state index in [1.54, 1.807) is 0 Å². The molecular formula is C20H30CoF6P-7. The fraction of sp³-hybridized carbons (Fsp3) is 0.500. The molecule has 0 N–H and O–H groups in total. The van der Waals surface area contributed by atoms with Crippen LogP contribution in [0.5, 0.6) is 0 Å². The van der Waals surface area contributed by atoms with Crippen molar-refractivity contribution in [3.05, 3.63) is 55.6 Å². The van der Waals surface area contributed by atoms with E-state index in [1.165, 1.54) is 55.6 Å². The molecule has 0 heterocycles. The molecule has 0 fully saturated rings. The molecule has 0 bridgehead atoms. The van der Waals surface area contributed by atoms with Gasteiger partial charge in [0.25, 0.3) is 0 Å². The number of rotatable bonds is 0. The average Bonchev–Trinajstić information content (AvgIpc) is 2.76. The summed E-state index contributed by atoms with van der Waals surface area (Å²) < 4.78 is 59.2. The van der Waals surface area contributed by atoms with E-state index in [-0.39, 0.29) is 16.8 Å². The fourth-order valence-corrected chi connectivity index (χ4v) is 2.81. The Hall–Kier alpha value is -0.784. The Bertz CT molecular complexity index is 596. The molecule has 0 aromatic heterocycles. The van der Waals surface area contributed by atoms with Gasteiger partial charge in [0.05, 0.1) is 0 Å². The molecule has 0 atom stereocenters. The van der Waals surface area contributed by atoms with Crippen molar-refractivity contribution >= 4 is 7.81 Å². The molecule has 0 amide bonds. The second kappa shape index (κ2) is 8.53. The van der Waals surface area contributed by atoms with Crippen LogP contribution in [0, 0.1) is 69.2 Å². The van der Waals surface area contributed by atoms with E-state index in [9.17, 15) is 25.2 Å². The third kappa shape index (κ3) is 9.62. The molecule has 0 spiro atoms. The number of hydrogen-bond acceptors (Lipinski definition) is 0. The van der Waals surface area contributed by atoms with Crippen molar-refractivity contribution in [3.8, 4) is 0 Å². The molecule has 1 radical (unpaired) electrons. The molecule has 0 saturated heterocycles. The topological polar surface area (TPSA) is 0 Å². The largest absolute Gasteiger partial charge is 0 e. The molecule has 0 unspecified atom stereocenters. The van der Waals surface area contributed by atoms with Crippen molar-refractivity contribution in [2.45, 2.75) is 69.2 Å². The van der Waals surface area contributed by atoms with E-state index in [0.29, 0.717) is 0 Å². The molecule has 0 aliphatic rings. The fourth-order valence-electron chi connectivity index (χ4n) is 2.81. The standard InChI is InChI=1S/2C10H15.Co.F6P/c2*1-6-7(2)9(4)10(5)8(6)3;;1-7(2,3,4,5)6/h2*1-5H3;;/q-5;-1;;-1. The monoisotopic (exact) mass is 474 g/mol. The van der Waals surface area contributed by atoms with Crippen LogP contribution in [0.1, 0.15) is 55.6 Å². The predicted octanol–water partition coefficient (Wildman–Crippen LogP) is 9.28. The molecule has 28 heavy (non-hydrogen) atoms. The summed E-state index contributed by atoms with van der Waals surface area (Å²) in [7, 11) is -10.7. The first-order valence-corrected chi connectivity index (χ1v) is 10.5. The Morgan fingerprint density at radius 1 is 0.500 bits per heavy atom. The summed E-state index contributed by atoms with van der Waals surface area (Å²) >= 11 is 0. The van der Waals surface area contributed by atoms with Crippen molar-refractivity contribution in [1.82, 2.24) is 0 Å². The van der Waals surface area contributed by atoms with E-state index in [2.05, 4.69) is 69.2 Å². The molecule has 0 nitrogen and oxygen atoms in total. The number of hydrogen-bond donors (Lipinski definition) is 0. The second-order valence-electron chi connectivity index (χ2n) is 7.21. The van der Waals surface area contributed by atoms with Gasteiger partial charge >= 0.3 is 33.0 Å². The first kappa shape index (κ1) is 29.4. The Morgan fingerprint density at radius 3 is 0.714 bits per heavy atom. The van der Waals surface area contributed by atoms with Gasteiger partial charge < -0.3 is 27.8 Å². The zero-order chi connectivity index (χ0) is 22.2. The van der Waals surface area contributed by atoms with Crippen molar-refractivity contribution in [3.63, 3.8) is 0 Å². The minimum absolute atomic E-state index is 0. The van der Waals surface area contributed by atoms with Crippen LogP contribution < -0.4 is 0 Å². The quantitative estimate of drug-likeness (QED) is 0.203. The van der Waals surface area contributed by atoms with Crippen LogP contribution in [0.15, 0.2) is 0 Å². The summed E-state index contributed by atoms with van der Waals surface area (Å²) in [6, 6.07) is 0. The van der Waals surface area contributed by atoms with Crippen LogP contribution in [-0.4, -0.2) is 0 Å². The maximum atomic E-state index is 9.87. The van der Waals surface area contributed by atoms with E-state index < -0.39 is 7.81 Å². The molecule has 2 aromatic carbocycles. The molecule has 0 aliphatic heterocycles. The Labute approximate surface area is 174 Å². The van der Waals surface area contributed by atoms with Gasteiger partial charge in [-0.3, -0.25) is 0 Å². The van der Waals surface area contributed by atoms with Crippen LogP contribution in [0.3, 0.4) is 0 Å². The molecular weight excluding hydrogens is 444 g/mol. The summed E-state index contributed by atoms with van der Waals surface area (Å²) in [6.07, 6.45) is 0. The van der Waals surface area contributed by atoms with Gasteiger partial charge in [-0.15, -0.1) is 0 Å². The number of halogens is 6. The Morgan fingerprint density at radius 2 is 0.643 bits per heavy atom. The summed E-state index contributed by atoms with van der Waals surface area (Å²) in [5, 5.41) is 0. The van der Waals surface area contributed by atoms with Gasteiger partial charge in [-0.25, -0.2) is 34.6 Å². The average molecular weight is 474 g/mol. The summed E-state index contributed by atoms with van der Waals surface area (Å²) in [6.45, 7) is 22.0. The summed E-state index contributed by atoms with van der Waals surface area (Å²) in [4.78, 5) is 0.